The SMILES string of the molecule is N=C1C(c2ccc([N+](=O)[O-])o2)=NC=CC1NN. The summed E-state index contributed by atoms with van der Waals surface area (Å²) in [4.78, 5) is 13.8. The molecule has 0 saturated heterocycles. The third-order valence-electron chi connectivity index (χ3n) is 2.23. The van der Waals surface area contributed by atoms with E-state index in [4.69, 9.17) is 15.7 Å². The van der Waals surface area contributed by atoms with E-state index >= 15 is 0 Å². The van der Waals surface area contributed by atoms with E-state index < -0.39 is 11.0 Å². The van der Waals surface area contributed by atoms with E-state index in [2.05, 4.69) is 10.4 Å². The van der Waals surface area contributed by atoms with E-state index in [0.29, 0.717) is 0 Å². The number of furan rings is 1. The summed E-state index contributed by atoms with van der Waals surface area (Å²) in [6.45, 7) is 0. The molecule has 1 aromatic heterocycles. The van der Waals surface area contributed by atoms with Crippen LogP contribution in [0.3, 0.4) is 0 Å². The number of nitrogens with zero attached hydrogens (tertiary/aromatic N) is 2. The first-order chi connectivity index (χ1) is 8.13. The Morgan fingerprint density at radius 2 is 2.35 bits per heavy atom. The molecule has 0 aliphatic carbocycles. The van der Waals surface area contributed by atoms with Gasteiger partial charge in [-0.15, -0.1) is 0 Å². The predicted octanol–water partition coefficient (Wildman–Crippen LogP) is 0.356. The van der Waals surface area contributed by atoms with Gasteiger partial charge in [-0.2, -0.15) is 0 Å². The van der Waals surface area contributed by atoms with Gasteiger partial charge in [-0.1, -0.05) is 0 Å². The summed E-state index contributed by atoms with van der Waals surface area (Å²) < 4.78 is 4.97. The van der Waals surface area contributed by atoms with Crippen LogP contribution in [0.4, 0.5) is 5.88 Å². The fourth-order valence-electron chi connectivity index (χ4n) is 1.41. The van der Waals surface area contributed by atoms with Gasteiger partial charge >= 0.3 is 5.88 Å². The Bertz CT molecular complexity index is 530. The Balaban J connectivity index is 2.33. The summed E-state index contributed by atoms with van der Waals surface area (Å²) in [6, 6.07) is 2.14. The van der Waals surface area contributed by atoms with Gasteiger partial charge in [0.1, 0.15) is 10.6 Å². The van der Waals surface area contributed by atoms with E-state index in [1.54, 1.807) is 6.08 Å². The number of nitrogens with two attached hydrogens (primary N) is 1. The van der Waals surface area contributed by atoms with Gasteiger partial charge in [-0.05, 0) is 12.1 Å². The van der Waals surface area contributed by atoms with Crippen molar-refractivity contribution in [1.29, 1.82) is 5.41 Å². The second-order valence-corrected chi connectivity index (χ2v) is 3.27. The van der Waals surface area contributed by atoms with Gasteiger partial charge in [-0.3, -0.25) is 20.9 Å². The summed E-state index contributed by atoms with van der Waals surface area (Å²) >= 11 is 0. The van der Waals surface area contributed by atoms with E-state index in [0.717, 1.165) is 0 Å². The molecule has 88 valence electrons. The highest BCUT2D eigenvalue weighted by molar-refractivity contribution is 6.49. The van der Waals surface area contributed by atoms with E-state index in [1.807, 2.05) is 0 Å². The molecule has 0 bridgehead atoms. The third-order valence-corrected chi connectivity index (χ3v) is 2.23. The van der Waals surface area contributed by atoms with Crippen LogP contribution in [0.1, 0.15) is 5.76 Å². The quantitative estimate of drug-likeness (QED) is 0.395. The van der Waals surface area contributed by atoms with Crippen LogP contribution in [-0.4, -0.2) is 22.4 Å². The Morgan fingerprint density at radius 1 is 1.59 bits per heavy atom. The highest BCUT2D eigenvalue weighted by Gasteiger charge is 2.24. The van der Waals surface area contributed by atoms with Gasteiger partial charge in [0, 0.05) is 6.20 Å². The van der Waals surface area contributed by atoms with Crippen molar-refractivity contribution in [3.05, 3.63) is 40.3 Å². The van der Waals surface area contributed by atoms with Crippen molar-refractivity contribution in [1.82, 2.24) is 5.43 Å². The average molecular weight is 235 g/mol. The number of hydrazine groups is 1. The lowest BCUT2D eigenvalue weighted by Crippen LogP contribution is -2.44. The topological polar surface area (TPSA) is 131 Å². The maximum atomic E-state index is 10.5. The number of nitro groups is 1. The third kappa shape index (κ3) is 1.98. The molecule has 1 aromatic rings. The van der Waals surface area contributed by atoms with Crippen molar-refractivity contribution in [3.8, 4) is 0 Å². The minimum absolute atomic E-state index is 0.0965. The zero-order valence-corrected chi connectivity index (χ0v) is 8.58. The van der Waals surface area contributed by atoms with Crippen LogP contribution in [0.2, 0.25) is 0 Å². The van der Waals surface area contributed by atoms with Crippen LogP contribution >= 0.6 is 0 Å². The van der Waals surface area contributed by atoms with Crippen LogP contribution in [-0.2, 0) is 0 Å². The molecule has 1 atom stereocenters. The summed E-state index contributed by atoms with van der Waals surface area (Å²) in [5, 5.41) is 18.3. The zero-order chi connectivity index (χ0) is 12.4. The van der Waals surface area contributed by atoms with Gasteiger partial charge in [-0.25, -0.2) is 5.43 Å². The van der Waals surface area contributed by atoms with E-state index in [-0.39, 0.29) is 23.1 Å². The van der Waals surface area contributed by atoms with Gasteiger partial charge in [0.25, 0.3) is 0 Å². The molecule has 8 heteroatoms. The second kappa shape index (κ2) is 4.28. The summed E-state index contributed by atoms with van der Waals surface area (Å²) in [7, 11) is 0. The van der Waals surface area contributed by atoms with E-state index in [1.165, 1.54) is 18.3 Å². The molecular weight excluding hydrogens is 226 g/mol. The highest BCUT2D eigenvalue weighted by Crippen LogP contribution is 2.18. The standard InChI is InChI=1S/C9H9N5O3/c10-8-5(13-11)3-4-12-9(8)6-1-2-7(17-6)14(15)16/h1-5,10,13H,11H2. The largest absolute Gasteiger partial charge is 0.433 e. The predicted molar refractivity (Wildman–Crippen MR) is 59.9 cm³/mol. The van der Waals surface area contributed by atoms with Gasteiger partial charge in [0.15, 0.2) is 5.76 Å². The lowest BCUT2D eigenvalue weighted by Gasteiger charge is -2.16. The number of rotatable bonds is 3. The molecule has 1 aliphatic heterocycles. The summed E-state index contributed by atoms with van der Waals surface area (Å²) in [5.41, 5.74) is 2.74. The fraction of sp³-hybridized carbons (Fsp3) is 0.111. The second-order valence-electron chi connectivity index (χ2n) is 3.27. The Hall–Kier alpha value is -2.32. The van der Waals surface area contributed by atoms with Crippen LogP contribution < -0.4 is 11.3 Å². The first-order valence-corrected chi connectivity index (χ1v) is 4.67. The Morgan fingerprint density at radius 3 is 2.94 bits per heavy atom. The molecule has 0 saturated carbocycles. The lowest BCUT2D eigenvalue weighted by molar-refractivity contribution is -0.402. The zero-order valence-electron chi connectivity index (χ0n) is 8.58. The van der Waals surface area contributed by atoms with Crippen molar-refractivity contribution < 1.29 is 9.34 Å². The summed E-state index contributed by atoms with van der Waals surface area (Å²) in [5.74, 6) is 5.04. The van der Waals surface area contributed by atoms with Gasteiger partial charge in [0.2, 0.25) is 0 Å². The highest BCUT2D eigenvalue weighted by atomic mass is 16.6. The smallest absolute Gasteiger partial charge is 0.399 e. The molecule has 0 fully saturated rings. The molecule has 0 radical (unpaired) electrons. The monoisotopic (exact) mass is 235 g/mol. The van der Waals surface area contributed by atoms with Crippen molar-refractivity contribution in [2.45, 2.75) is 6.04 Å². The normalized spacial score (nSPS) is 19.2. The average Bonchev–Trinajstić information content (AvgIpc) is 2.78. The molecular formula is C9H9N5O3. The minimum Gasteiger partial charge on any atom is -0.399 e. The maximum Gasteiger partial charge on any atom is 0.433 e. The molecule has 0 aromatic carbocycles. The minimum atomic E-state index is -0.648. The van der Waals surface area contributed by atoms with Gasteiger partial charge < -0.3 is 9.83 Å². The van der Waals surface area contributed by atoms with Crippen LogP contribution in [0.25, 0.3) is 0 Å². The van der Waals surface area contributed by atoms with E-state index in [9.17, 15) is 10.1 Å². The Kier molecular flexibility index (Phi) is 2.81. The van der Waals surface area contributed by atoms with Gasteiger partial charge in [0.05, 0.1) is 17.8 Å². The first-order valence-electron chi connectivity index (χ1n) is 4.67. The first kappa shape index (κ1) is 11.2. The summed E-state index contributed by atoms with van der Waals surface area (Å²) in [6.07, 6.45) is 3.06. The molecule has 0 amide bonds. The molecule has 1 unspecified atom stereocenters. The maximum absolute atomic E-state index is 10.5. The van der Waals surface area contributed by atoms with Crippen molar-refractivity contribution in [3.63, 3.8) is 0 Å². The fourth-order valence-corrected chi connectivity index (χ4v) is 1.41. The molecule has 2 heterocycles. The number of aliphatic imine (C=N–C) groups is 1. The Labute approximate surface area is 95.4 Å². The molecule has 2 rings (SSSR count). The lowest BCUT2D eigenvalue weighted by atomic mass is 10.0. The van der Waals surface area contributed by atoms with Crippen molar-refractivity contribution in [2.24, 2.45) is 10.8 Å². The van der Waals surface area contributed by atoms with Crippen LogP contribution in [0, 0.1) is 15.5 Å². The van der Waals surface area contributed by atoms with Crippen molar-refractivity contribution in [2.75, 3.05) is 0 Å². The van der Waals surface area contributed by atoms with Crippen molar-refractivity contribution >= 4 is 17.3 Å². The molecule has 17 heavy (non-hydrogen) atoms. The molecule has 1 aliphatic rings. The molecule has 4 N–H and O–H groups in total. The van der Waals surface area contributed by atoms with Crippen LogP contribution in [0.5, 0.6) is 0 Å². The molecule has 8 nitrogen and oxygen atoms in total. The molecule has 0 spiro atoms. The van der Waals surface area contributed by atoms with Crippen LogP contribution in [0.15, 0.2) is 33.8 Å². The number of hydrogen-bond acceptors (Lipinski definition) is 7. The number of hydrogen-bond donors (Lipinski definition) is 3. The number of nitrogens with one attached hydrogen (secondary N) is 2.